The molecule has 15 heavy (non-hydrogen) atoms. The Kier molecular flexibility index (Phi) is 4.15. The third-order valence-electron chi connectivity index (χ3n) is 3.95. The van der Waals surface area contributed by atoms with Crippen LogP contribution in [0.3, 0.4) is 0 Å². The van der Waals surface area contributed by atoms with Gasteiger partial charge in [0.05, 0.1) is 12.7 Å². The van der Waals surface area contributed by atoms with Crippen LogP contribution in [0, 0.1) is 11.3 Å². The van der Waals surface area contributed by atoms with Gasteiger partial charge in [-0.2, -0.15) is 0 Å². The fourth-order valence-corrected chi connectivity index (χ4v) is 2.38. The first-order valence-corrected chi connectivity index (χ1v) is 5.87. The fraction of sp³-hybridized carbons (Fsp3) is 1.00. The van der Waals surface area contributed by atoms with Crippen molar-refractivity contribution in [2.75, 3.05) is 20.2 Å². The SMILES string of the molecule is CC(CO)N(C)CC1CCC(C)(C)C1O. The quantitative estimate of drug-likeness (QED) is 0.738. The van der Waals surface area contributed by atoms with Crippen LogP contribution < -0.4 is 0 Å². The minimum Gasteiger partial charge on any atom is -0.395 e. The van der Waals surface area contributed by atoms with Crippen LogP contribution in [0.25, 0.3) is 0 Å². The Morgan fingerprint density at radius 3 is 2.47 bits per heavy atom. The molecule has 0 aromatic carbocycles. The zero-order valence-electron chi connectivity index (χ0n) is 10.4. The average molecular weight is 215 g/mol. The Morgan fingerprint density at radius 1 is 1.47 bits per heavy atom. The van der Waals surface area contributed by atoms with E-state index in [0.29, 0.717) is 5.92 Å². The summed E-state index contributed by atoms with van der Waals surface area (Å²) < 4.78 is 0. The maximum absolute atomic E-state index is 10.1. The smallest absolute Gasteiger partial charge is 0.0631 e. The van der Waals surface area contributed by atoms with E-state index in [4.69, 9.17) is 5.11 Å². The van der Waals surface area contributed by atoms with E-state index >= 15 is 0 Å². The second-order valence-corrected chi connectivity index (χ2v) is 5.70. The van der Waals surface area contributed by atoms with Gasteiger partial charge in [-0.05, 0) is 38.1 Å². The lowest BCUT2D eigenvalue weighted by Gasteiger charge is -2.30. The van der Waals surface area contributed by atoms with E-state index in [1.807, 2.05) is 14.0 Å². The number of aliphatic hydroxyl groups excluding tert-OH is 2. The van der Waals surface area contributed by atoms with E-state index in [1.54, 1.807) is 0 Å². The van der Waals surface area contributed by atoms with Crippen molar-refractivity contribution in [2.45, 2.75) is 45.8 Å². The van der Waals surface area contributed by atoms with Crippen LogP contribution in [0.2, 0.25) is 0 Å². The van der Waals surface area contributed by atoms with Gasteiger partial charge in [-0.15, -0.1) is 0 Å². The van der Waals surface area contributed by atoms with E-state index in [-0.39, 0.29) is 24.2 Å². The molecule has 3 nitrogen and oxygen atoms in total. The summed E-state index contributed by atoms with van der Waals surface area (Å²) in [4.78, 5) is 2.13. The molecule has 0 aromatic heterocycles. The summed E-state index contributed by atoms with van der Waals surface area (Å²) in [6.45, 7) is 7.34. The summed E-state index contributed by atoms with van der Waals surface area (Å²) in [6, 6.07) is 0.181. The lowest BCUT2D eigenvalue weighted by Crippen LogP contribution is -2.39. The maximum Gasteiger partial charge on any atom is 0.0631 e. The lowest BCUT2D eigenvalue weighted by atomic mass is 9.87. The Bertz CT molecular complexity index is 206. The third-order valence-corrected chi connectivity index (χ3v) is 3.95. The van der Waals surface area contributed by atoms with Crippen LogP contribution in [0.5, 0.6) is 0 Å². The number of hydrogen-bond donors (Lipinski definition) is 2. The topological polar surface area (TPSA) is 43.7 Å². The van der Waals surface area contributed by atoms with Crippen LogP contribution in [-0.4, -0.2) is 47.5 Å². The minimum absolute atomic E-state index is 0.0635. The van der Waals surface area contributed by atoms with Gasteiger partial charge in [-0.1, -0.05) is 13.8 Å². The predicted octanol–water partition coefficient (Wildman–Crippen LogP) is 1.10. The number of hydrogen-bond acceptors (Lipinski definition) is 3. The third kappa shape index (κ3) is 2.92. The summed E-state index contributed by atoms with van der Waals surface area (Å²) in [7, 11) is 2.01. The molecule has 0 spiro atoms. The lowest BCUT2D eigenvalue weighted by molar-refractivity contribution is 0.0277. The van der Waals surface area contributed by atoms with Gasteiger partial charge in [0.15, 0.2) is 0 Å². The van der Waals surface area contributed by atoms with Crippen molar-refractivity contribution >= 4 is 0 Å². The Morgan fingerprint density at radius 2 is 2.07 bits per heavy atom. The molecular formula is C12H25NO2. The van der Waals surface area contributed by atoms with Crippen molar-refractivity contribution in [3.63, 3.8) is 0 Å². The van der Waals surface area contributed by atoms with Gasteiger partial charge in [0.1, 0.15) is 0 Å². The van der Waals surface area contributed by atoms with Gasteiger partial charge in [-0.25, -0.2) is 0 Å². The summed E-state index contributed by atoms with van der Waals surface area (Å²) in [6.07, 6.45) is 1.99. The van der Waals surface area contributed by atoms with E-state index in [9.17, 15) is 5.11 Å². The molecule has 3 unspecified atom stereocenters. The first kappa shape index (κ1) is 12.9. The maximum atomic E-state index is 10.1. The molecule has 0 saturated heterocycles. The molecule has 1 aliphatic rings. The largest absolute Gasteiger partial charge is 0.395 e. The summed E-state index contributed by atoms with van der Waals surface area (Å²) in [5.41, 5.74) is 0.0635. The zero-order chi connectivity index (χ0) is 11.6. The summed E-state index contributed by atoms with van der Waals surface area (Å²) in [5.74, 6) is 0.360. The molecule has 90 valence electrons. The predicted molar refractivity (Wildman–Crippen MR) is 61.7 cm³/mol. The van der Waals surface area contributed by atoms with Gasteiger partial charge in [0, 0.05) is 12.6 Å². The molecule has 0 amide bonds. The van der Waals surface area contributed by atoms with Crippen LogP contribution in [0.4, 0.5) is 0 Å². The van der Waals surface area contributed by atoms with Crippen molar-refractivity contribution in [1.29, 1.82) is 0 Å². The highest BCUT2D eigenvalue weighted by Crippen LogP contribution is 2.41. The summed E-state index contributed by atoms with van der Waals surface area (Å²) in [5, 5.41) is 19.2. The van der Waals surface area contributed by atoms with Crippen LogP contribution in [-0.2, 0) is 0 Å². The molecule has 1 fully saturated rings. The monoisotopic (exact) mass is 215 g/mol. The number of rotatable bonds is 4. The van der Waals surface area contributed by atoms with Crippen molar-refractivity contribution < 1.29 is 10.2 Å². The normalized spacial score (nSPS) is 32.2. The van der Waals surface area contributed by atoms with Gasteiger partial charge >= 0.3 is 0 Å². The van der Waals surface area contributed by atoms with Gasteiger partial charge in [0.2, 0.25) is 0 Å². The second kappa shape index (κ2) is 4.81. The van der Waals surface area contributed by atoms with E-state index in [2.05, 4.69) is 18.7 Å². The molecule has 1 aliphatic carbocycles. The molecule has 0 aromatic rings. The standard InChI is InChI=1S/C12H25NO2/c1-9(8-14)13(4)7-10-5-6-12(2,3)11(10)15/h9-11,14-15H,5-8H2,1-4H3. The van der Waals surface area contributed by atoms with Gasteiger partial charge in [-0.3, -0.25) is 0 Å². The number of likely N-dealkylation sites (N-methyl/N-ethyl adjacent to an activating group) is 1. The van der Waals surface area contributed by atoms with Crippen LogP contribution in [0.15, 0.2) is 0 Å². The summed E-state index contributed by atoms with van der Waals surface area (Å²) >= 11 is 0. The van der Waals surface area contributed by atoms with E-state index in [0.717, 1.165) is 19.4 Å². The second-order valence-electron chi connectivity index (χ2n) is 5.70. The first-order valence-electron chi connectivity index (χ1n) is 5.87. The average Bonchev–Trinajstić information content (AvgIpc) is 2.44. The van der Waals surface area contributed by atoms with Crippen molar-refractivity contribution in [3.05, 3.63) is 0 Å². The highest BCUT2D eigenvalue weighted by molar-refractivity contribution is 4.92. The van der Waals surface area contributed by atoms with E-state index < -0.39 is 0 Å². The molecule has 3 atom stereocenters. The van der Waals surface area contributed by atoms with Crippen molar-refractivity contribution in [2.24, 2.45) is 11.3 Å². The van der Waals surface area contributed by atoms with Crippen molar-refractivity contribution in [3.8, 4) is 0 Å². The zero-order valence-corrected chi connectivity index (χ0v) is 10.4. The van der Waals surface area contributed by atoms with Crippen molar-refractivity contribution in [1.82, 2.24) is 4.90 Å². The molecule has 0 radical (unpaired) electrons. The molecule has 0 heterocycles. The number of nitrogens with zero attached hydrogens (tertiary/aromatic N) is 1. The first-order chi connectivity index (χ1) is 6.88. The highest BCUT2D eigenvalue weighted by atomic mass is 16.3. The molecule has 0 aliphatic heterocycles. The Labute approximate surface area is 93.1 Å². The Hall–Kier alpha value is -0.120. The molecule has 1 rings (SSSR count). The van der Waals surface area contributed by atoms with Crippen LogP contribution in [0.1, 0.15) is 33.6 Å². The molecule has 2 N–H and O–H groups in total. The van der Waals surface area contributed by atoms with Crippen LogP contribution >= 0.6 is 0 Å². The highest BCUT2D eigenvalue weighted by Gasteiger charge is 2.41. The fourth-order valence-electron chi connectivity index (χ4n) is 2.38. The molecule has 0 bridgehead atoms. The minimum atomic E-state index is -0.203. The van der Waals surface area contributed by atoms with E-state index in [1.165, 1.54) is 0 Å². The molecule has 1 saturated carbocycles. The Balaban J connectivity index is 2.47. The molecular weight excluding hydrogens is 190 g/mol. The van der Waals surface area contributed by atoms with Gasteiger partial charge < -0.3 is 15.1 Å². The molecule has 3 heteroatoms. The van der Waals surface area contributed by atoms with Gasteiger partial charge in [0.25, 0.3) is 0 Å². The number of aliphatic hydroxyl groups is 2.